The molecule has 0 unspecified atom stereocenters. The van der Waals surface area contributed by atoms with Crippen LogP contribution < -0.4 is 5.32 Å². The minimum Gasteiger partial charge on any atom is -0.313 e. The molecule has 0 fully saturated rings. The first-order valence-electron chi connectivity index (χ1n) is 6.12. The fourth-order valence-electron chi connectivity index (χ4n) is 1.84. The van der Waals surface area contributed by atoms with Crippen LogP contribution in [0.1, 0.15) is 30.2 Å². The zero-order valence-corrected chi connectivity index (χ0v) is 10.9. The summed E-state index contributed by atoms with van der Waals surface area (Å²) in [5, 5.41) is 7.06. The van der Waals surface area contributed by atoms with E-state index < -0.39 is 6.43 Å². The van der Waals surface area contributed by atoms with Gasteiger partial charge in [0.15, 0.2) is 5.82 Å². The van der Waals surface area contributed by atoms with Crippen molar-refractivity contribution >= 4 is 0 Å². The predicted molar refractivity (Wildman–Crippen MR) is 68.4 cm³/mol. The second kappa shape index (κ2) is 5.88. The first-order chi connectivity index (χ1) is 9.13. The molecule has 2 heterocycles. The van der Waals surface area contributed by atoms with E-state index in [-0.39, 0.29) is 5.69 Å². The molecule has 6 heteroatoms. The van der Waals surface area contributed by atoms with Crippen molar-refractivity contribution in [2.75, 3.05) is 6.54 Å². The normalized spacial score (nSPS) is 11.2. The molecule has 0 saturated carbocycles. The number of aromatic nitrogens is 3. The third-order valence-corrected chi connectivity index (χ3v) is 2.78. The monoisotopic (exact) mass is 266 g/mol. The fraction of sp³-hybridized carbons (Fsp3) is 0.385. The summed E-state index contributed by atoms with van der Waals surface area (Å²) in [5.41, 5.74) is 1.35. The average molecular weight is 266 g/mol. The Morgan fingerprint density at radius 1 is 1.42 bits per heavy atom. The highest BCUT2D eigenvalue weighted by molar-refractivity contribution is 5.32. The molecule has 0 radical (unpaired) electrons. The molecule has 0 atom stereocenters. The van der Waals surface area contributed by atoms with Crippen molar-refractivity contribution in [2.45, 2.75) is 26.8 Å². The maximum absolute atomic E-state index is 13.2. The molecule has 0 aromatic carbocycles. The van der Waals surface area contributed by atoms with Crippen LogP contribution in [0.25, 0.3) is 5.82 Å². The van der Waals surface area contributed by atoms with E-state index in [1.54, 1.807) is 12.3 Å². The van der Waals surface area contributed by atoms with Crippen LogP contribution in [0.15, 0.2) is 24.5 Å². The van der Waals surface area contributed by atoms with Gasteiger partial charge in [-0.3, -0.25) is 0 Å². The molecule has 1 N–H and O–H groups in total. The highest BCUT2D eigenvalue weighted by Crippen LogP contribution is 2.25. The van der Waals surface area contributed by atoms with E-state index >= 15 is 0 Å². The Hall–Kier alpha value is -1.82. The summed E-state index contributed by atoms with van der Waals surface area (Å²) in [5.74, 6) is 0.415. The van der Waals surface area contributed by atoms with Crippen molar-refractivity contribution < 1.29 is 8.78 Å². The van der Waals surface area contributed by atoms with Crippen LogP contribution >= 0.6 is 0 Å². The number of hydrogen-bond acceptors (Lipinski definition) is 3. The van der Waals surface area contributed by atoms with Crippen molar-refractivity contribution in [3.05, 3.63) is 41.3 Å². The molecular formula is C13H16F2N4. The molecule has 19 heavy (non-hydrogen) atoms. The summed E-state index contributed by atoms with van der Waals surface area (Å²) in [7, 11) is 0. The number of halogens is 2. The zero-order chi connectivity index (χ0) is 13.8. The van der Waals surface area contributed by atoms with Crippen LogP contribution in [0, 0.1) is 6.92 Å². The first-order valence-corrected chi connectivity index (χ1v) is 6.12. The van der Waals surface area contributed by atoms with E-state index in [1.165, 1.54) is 10.9 Å². The highest BCUT2D eigenvalue weighted by atomic mass is 19.3. The van der Waals surface area contributed by atoms with Crippen molar-refractivity contribution in [1.29, 1.82) is 0 Å². The van der Waals surface area contributed by atoms with Gasteiger partial charge >= 0.3 is 0 Å². The standard InChI is InChI=1S/C13H16F2N4/c1-3-16-7-10-8-18-19(12(10)13(14)15)11-6-9(2)4-5-17-11/h4-6,8,13,16H,3,7H2,1-2H3. The van der Waals surface area contributed by atoms with Crippen molar-refractivity contribution in [1.82, 2.24) is 20.1 Å². The summed E-state index contributed by atoms with van der Waals surface area (Å²) in [6.07, 6.45) is 0.471. The first kappa shape index (κ1) is 13.6. The van der Waals surface area contributed by atoms with E-state index in [0.29, 0.717) is 17.9 Å². The molecule has 0 saturated heterocycles. The number of hydrogen-bond donors (Lipinski definition) is 1. The van der Waals surface area contributed by atoms with Gasteiger partial charge in [-0.1, -0.05) is 6.92 Å². The molecule has 2 rings (SSSR count). The van der Waals surface area contributed by atoms with Gasteiger partial charge in [0.25, 0.3) is 6.43 Å². The van der Waals surface area contributed by atoms with Gasteiger partial charge in [-0.05, 0) is 31.2 Å². The molecule has 2 aromatic heterocycles. The maximum atomic E-state index is 13.2. The van der Waals surface area contributed by atoms with Gasteiger partial charge in [0.2, 0.25) is 0 Å². The number of alkyl halides is 2. The number of nitrogens with zero attached hydrogens (tertiary/aromatic N) is 3. The van der Waals surface area contributed by atoms with E-state index in [9.17, 15) is 8.78 Å². The Balaban J connectivity index is 2.43. The lowest BCUT2D eigenvalue weighted by atomic mass is 10.2. The van der Waals surface area contributed by atoms with Gasteiger partial charge in [0.05, 0.1) is 6.20 Å². The minimum absolute atomic E-state index is 0.0981. The van der Waals surface area contributed by atoms with Gasteiger partial charge in [0, 0.05) is 18.3 Å². The lowest BCUT2D eigenvalue weighted by molar-refractivity contribution is 0.141. The molecule has 0 spiro atoms. The van der Waals surface area contributed by atoms with Gasteiger partial charge in [-0.15, -0.1) is 0 Å². The van der Waals surface area contributed by atoms with Gasteiger partial charge < -0.3 is 5.32 Å². The molecule has 0 aliphatic rings. The Bertz CT molecular complexity index is 551. The quantitative estimate of drug-likeness (QED) is 0.904. The molecule has 102 valence electrons. The Labute approximate surface area is 110 Å². The smallest absolute Gasteiger partial charge is 0.280 e. The van der Waals surface area contributed by atoms with Gasteiger partial charge in [-0.2, -0.15) is 5.10 Å². The molecular weight excluding hydrogens is 250 g/mol. The Morgan fingerprint density at radius 2 is 2.21 bits per heavy atom. The van der Waals surface area contributed by atoms with Crippen molar-refractivity contribution in [3.63, 3.8) is 0 Å². The summed E-state index contributed by atoms with van der Waals surface area (Å²) in [4.78, 5) is 4.09. The molecule has 0 aliphatic heterocycles. The lowest BCUT2D eigenvalue weighted by Gasteiger charge is -2.09. The highest BCUT2D eigenvalue weighted by Gasteiger charge is 2.21. The molecule has 0 aliphatic carbocycles. The van der Waals surface area contributed by atoms with E-state index in [2.05, 4.69) is 15.4 Å². The second-order valence-electron chi connectivity index (χ2n) is 4.24. The zero-order valence-electron chi connectivity index (χ0n) is 10.9. The van der Waals surface area contributed by atoms with Crippen LogP contribution in [0.2, 0.25) is 0 Å². The SMILES string of the molecule is CCNCc1cnn(-c2cc(C)ccn2)c1C(F)F. The van der Waals surface area contributed by atoms with E-state index in [1.807, 2.05) is 19.9 Å². The number of nitrogens with one attached hydrogen (secondary N) is 1. The third-order valence-electron chi connectivity index (χ3n) is 2.78. The van der Waals surface area contributed by atoms with Crippen LogP contribution in [0.4, 0.5) is 8.78 Å². The second-order valence-corrected chi connectivity index (χ2v) is 4.24. The van der Waals surface area contributed by atoms with E-state index in [0.717, 1.165) is 12.1 Å². The summed E-state index contributed by atoms with van der Waals surface area (Å²) in [6, 6.07) is 3.55. The number of pyridine rings is 1. The summed E-state index contributed by atoms with van der Waals surface area (Å²) in [6.45, 7) is 4.91. The number of aryl methyl sites for hydroxylation is 1. The maximum Gasteiger partial charge on any atom is 0.280 e. The largest absolute Gasteiger partial charge is 0.313 e. The van der Waals surface area contributed by atoms with Crippen LogP contribution in [0.3, 0.4) is 0 Å². The third kappa shape index (κ3) is 2.96. The average Bonchev–Trinajstić information content (AvgIpc) is 2.80. The van der Waals surface area contributed by atoms with Gasteiger partial charge in [-0.25, -0.2) is 18.4 Å². The van der Waals surface area contributed by atoms with E-state index in [4.69, 9.17) is 0 Å². The fourth-order valence-corrected chi connectivity index (χ4v) is 1.84. The van der Waals surface area contributed by atoms with Gasteiger partial charge in [0.1, 0.15) is 5.69 Å². The summed E-state index contributed by atoms with van der Waals surface area (Å²) >= 11 is 0. The van der Waals surface area contributed by atoms with Crippen molar-refractivity contribution in [3.8, 4) is 5.82 Å². The van der Waals surface area contributed by atoms with Crippen LogP contribution in [0.5, 0.6) is 0 Å². The molecule has 4 nitrogen and oxygen atoms in total. The minimum atomic E-state index is -2.58. The molecule has 0 amide bonds. The lowest BCUT2D eigenvalue weighted by Crippen LogP contribution is -2.14. The number of rotatable bonds is 5. The summed E-state index contributed by atoms with van der Waals surface area (Å²) < 4.78 is 27.6. The predicted octanol–water partition coefficient (Wildman–Crippen LogP) is 2.62. The molecule has 0 bridgehead atoms. The topological polar surface area (TPSA) is 42.7 Å². The molecule has 2 aromatic rings. The van der Waals surface area contributed by atoms with Crippen LogP contribution in [-0.4, -0.2) is 21.3 Å². The van der Waals surface area contributed by atoms with Crippen LogP contribution in [-0.2, 0) is 6.54 Å². The Morgan fingerprint density at radius 3 is 2.84 bits per heavy atom. The van der Waals surface area contributed by atoms with Crippen molar-refractivity contribution in [2.24, 2.45) is 0 Å². The Kier molecular flexibility index (Phi) is 4.21.